The van der Waals surface area contributed by atoms with E-state index in [4.69, 9.17) is 9.84 Å². The van der Waals surface area contributed by atoms with Crippen molar-refractivity contribution >= 4 is 33.4 Å². The van der Waals surface area contributed by atoms with Crippen LogP contribution in [0.2, 0.25) is 0 Å². The van der Waals surface area contributed by atoms with Gasteiger partial charge in [-0.25, -0.2) is 17.6 Å². The fourth-order valence-electron chi connectivity index (χ4n) is 3.00. The molecule has 0 saturated carbocycles. The second-order valence-corrected chi connectivity index (χ2v) is 9.47. The Morgan fingerprint density at radius 2 is 1.88 bits per heavy atom. The molecule has 0 spiro atoms. The molecule has 0 aliphatic carbocycles. The molecule has 0 aromatic heterocycles. The third-order valence-corrected chi connectivity index (χ3v) is 6.38. The highest BCUT2D eigenvalue weighted by Gasteiger charge is 2.35. The van der Waals surface area contributed by atoms with E-state index in [1.807, 2.05) is 0 Å². The number of anilines is 2. The molecule has 0 saturated heterocycles. The first-order valence-electron chi connectivity index (χ1n) is 9.47. The number of nitrogens with one attached hydrogen (secondary N) is 2. The van der Waals surface area contributed by atoms with Crippen LogP contribution in [0.5, 0.6) is 5.75 Å². The van der Waals surface area contributed by atoms with E-state index in [-0.39, 0.29) is 35.1 Å². The lowest BCUT2D eigenvalue weighted by molar-refractivity contribution is -0.136. The zero-order valence-electron chi connectivity index (χ0n) is 17.2. The van der Waals surface area contributed by atoms with E-state index in [0.29, 0.717) is 0 Å². The molecule has 1 aliphatic rings. The summed E-state index contributed by atoms with van der Waals surface area (Å²) in [5.74, 6) is -1.13. The van der Waals surface area contributed by atoms with Crippen molar-refractivity contribution in [1.82, 2.24) is 5.32 Å². The number of halogens is 1. The molecule has 1 unspecified atom stereocenters. The van der Waals surface area contributed by atoms with Crippen LogP contribution in [0.1, 0.15) is 13.8 Å². The summed E-state index contributed by atoms with van der Waals surface area (Å²) < 4.78 is 46.8. The summed E-state index contributed by atoms with van der Waals surface area (Å²) in [6, 6.07) is 8.35. The van der Waals surface area contributed by atoms with E-state index in [9.17, 15) is 27.5 Å². The predicted octanol–water partition coefficient (Wildman–Crippen LogP) is 1.76. The summed E-state index contributed by atoms with van der Waals surface area (Å²) in [5, 5.41) is 23.4. The van der Waals surface area contributed by atoms with Crippen LogP contribution in [0.4, 0.5) is 20.6 Å². The lowest BCUT2D eigenvalue weighted by atomic mass is 10.1. The molecule has 1 atom stereocenters. The van der Waals surface area contributed by atoms with Crippen molar-refractivity contribution in [1.29, 1.82) is 0 Å². The van der Waals surface area contributed by atoms with Crippen LogP contribution in [-0.4, -0.2) is 55.4 Å². The third-order valence-electron chi connectivity index (χ3n) is 4.59. The van der Waals surface area contributed by atoms with Crippen LogP contribution >= 0.6 is 0 Å². The van der Waals surface area contributed by atoms with Crippen molar-refractivity contribution in [3.8, 4) is 5.75 Å². The number of hydrogen-bond donors (Lipinski definition) is 4. The zero-order valence-corrected chi connectivity index (χ0v) is 18.0. The summed E-state index contributed by atoms with van der Waals surface area (Å²) in [5.41, 5.74) is -1.44. The Hall–Kier alpha value is -3.38. The number of sulfonamides is 1. The van der Waals surface area contributed by atoms with Gasteiger partial charge in [0.2, 0.25) is 0 Å². The number of carboxylic acid groups (broad SMARTS) is 1. The second kappa shape index (κ2) is 8.63. The number of rotatable bonds is 6. The van der Waals surface area contributed by atoms with Gasteiger partial charge in [0.15, 0.2) is 0 Å². The van der Waals surface area contributed by atoms with Gasteiger partial charge in [-0.1, -0.05) is 0 Å². The van der Waals surface area contributed by atoms with Crippen LogP contribution in [0.25, 0.3) is 0 Å². The number of hydrogen-bond acceptors (Lipinski definition) is 6. The summed E-state index contributed by atoms with van der Waals surface area (Å²) in [6.07, 6.45) is -2.15. The Kier molecular flexibility index (Phi) is 6.28. The van der Waals surface area contributed by atoms with E-state index in [1.165, 1.54) is 32.0 Å². The maximum Gasteiger partial charge on any atom is 0.409 e. The lowest BCUT2D eigenvalue weighted by Crippen LogP contribution is -2.51. The first-order valence-corrected chi connectivity index (χ1v) is 10.9. The Morgan fingerprint density at radius 3 is 2.47 bits per heavy atom. The number of amides is 2. The maximum atomic E-state index is 13.3. The molecule has 12 heteroatoms. The van der Waals surface area contributed by atoms with E-state index in [2.05, 4.69) is 10.6 Å². The van der Waals surface area contributed by atoms with Crippen LogP contribution in [0.15, 0.2) is 47.4 Å². The van der Waals surface area contributed by atoms with Crippen molar-refractivity contribution in [2.45, 2.75) is 30.4 Å². The number of fused-ring (bicyclic) bond motifs is 1. The van der Waals surface area contributed by atoms with Gasteiger partial charge in [-0.3, -0.25) is 14.4 Å². The fourth-order valence-corrected chi connectivity index (χ4v) is 4.50. The quantitative estimate of drug-likeness (QED) is 0.506. The number of nitrogens with zero attached hydrogens (tertiary/aromatic N) is 1. The largest absolute Gasteiger partial charge is 0.484 e. The molecule has 0 fully saturated rings. The average Bonchev–Trinajstić information content (AvgIpc) is 2.70. The minimum absolute atomic E-state index is 0.0747. The monoisotopic (exact) mass is 467 g/mol. The van der Waals surface area contributed by atoms with Crippen LogP contribution in [-0.2, 0) is 14.8 Å². The SMILES string of the molecule is CC(C)(O)C(=O)NCC1CN(S(=O)(=O)c2ccc(F)cc2)c2cc(NC(=O)O)ccc2O1. The van der Waals surface area contributed by atoms with Gasteiger partial charge in [0.05, 0.1) is 23.7 Å². The molecule has 2 amide bonds. The maximum absolute atomic E-state index is 13.3. The summed E-state index contributed by atoms with van der Waals surface area (Å²) >= 11 is 0. The molecule has 4 N–H and O–H groups in total. The number of carbonyl (C=O) groups is 2. The van der Waals surface area contributed by atoms with Gasteiger partial charge < -0.3 is 20.3 Å². The molecule has 2 aromatic rings. The molecule has 2 aromatic carbocycles. The van der Waals surface area contributed by atoms with Gasteiger partial charge >= 0.3 is 6.09 Å². The topological polar surface area (TPSA) is 145 Å². The Bertz CT molecular complexity index is 1130. The Balaban J connectivity index is 1.98. The van der Waals surface area contributed by atoms with Crippen LogP contribution in [0.3, 0.4) is 0 Å². The van der Waals surface area contributed by atoms with Gasteiger partial charge in [-0.2, -0.15) is 0 Å². The minimum Gasteiger partial charge on any atom is -0.484 e. The van der Waals surface area contributed by atoms with E-state index in [0.717, 1.165) is 28.6 Å². The molecule has 10 nitrogen and oxygen atoms in total. The van der Waals surface area contributed by atoms with Gasteiger partial charge in [0.25, 0.3) is 15.9 Å². The molecule has 3 rings (SSSR count). The van der Waals surface area contributed by atoms with Gasteiger partial charge in [0, 0.05) is 5.69 Å². The normalized spacial score (nSPS) is 16.0. The molecule has 1 heterocycles. The molecule has 32 heavy (non-hydrogen) atoms. The molecule has 172 valence electrons. The van der Waals surface area contributed by atoms with Crippen LogP contribution in [0, 0.1) is 5.82 Å². The van der Waals surface area contributed by atoms with Gasteiger partial charge in [0.1, 0.15) is 23.3 Å². The highest BCUT2D eigenvalue weighted by atomic mass is 32.2. The molecular formula is C20H22FN3O7S. The smallest absolute Gasteiger partial charge is 0.409 e. The van der Waals surface area contributed by atoms with Crippen LogP contribution < -0.4 is 19.7 Å². The average molecular weight is 467 g/mol. The first kappa shape index (κ1) is 23.3. The van der Waals surface area contributed by atoms with E-state index in [1.54, 1.807) is 0 Å². The Labute approximate surface area is 183 Å². The second-order valence-electron chi connectivity index (χ2n) is 7.61. The van der Waals surface area contributed by atoms with Crippen molar-refractivity contribution < 1.29 is 37.3 Å². The minimum atomic E-state index is -4.19. The highest BCUT2D eigenvalue weighted by Crippen LogP contribution is 2.39. The number of aliphatic hydroxyl groups is 1. The van der Waals surface area contributed by atoms with Crippen molar-refractivity contribution in [2.24, 2.45) is 0 Å². The van der Waals surface area contributed by atoms with E-state index >= 15 is 0 Å². The number of carbonyl (C=O) groups excluding carboxylic acids is 1. The summed E-state index contributed by atoms with van der Waals surface area (Å²) in [4.78, 5) is 22.8. The molecule has 0 radical (unpaired) electrons. The highest BCUT2D eigenvalue weighted by molar-refractivity contribution is 7.92. The predicted molar refractivity (Wildman–Crippen MR) is 113 cm³/mol. The zero-order chi connectivity index (χ0) is 23.7. The number of ether oxygens (including phenoxy) is 1. The molecular weight excluding hydrogens is 445 g/mol. The van der Waals surface area contributed by atoms with Gasteiger partial charge in [-0.05, 0) is 56.3 Å². The first-order chi connectivity index (χ1) is 14.9. The molecule has 1 aliphatic heterocycles. The standard InChI is InChI=1S/C20H22FN3O7S/c1-20(2,28)18(25)22-10-14-11-24(32(29,30)15-6-3-12(21)4-7-15)16-9-13(23-19(26)27)5-8-17(16)31-14/h3-9,14,23,28H,10-11H2,1-2H3,(H,22,25)(H,26,27). The summed E-state index contributed by atoms with van der Waals surface area (Å²) in [7, 11) is -4.19. The fraction of sp³-hybridized carbons (Fsp3) is 0.300. The number of benzene rings is 2. The molecule has 0 bridgehead atoms. The van der Waals surface area contributed by atoms with E-state index < -0.39 is 39.5 Å². The summed E-state index contributed by atoms with van der Waals surface area (Å²) in [6.45, 7) is 2.28. The van der Waals surface area contributed by atoms with Crippen molar-refractivity contribution in [2.75, 3.05) is 22.7 Å². The van der Waals surface area contributed by atoms with Crippen molar-refractivity contribution in [3.63, 3.8) is 0 Å². The lowest BCUT2D eigenvalue weighted by Gasteiger charge is -2.36. The third kappa shape index (κ3) is 5.08. The van der Waals surface area contributed by atoms with Gasteiger partial charge in [-0.15, -0.1) is 0 Å². The van der Waals surface area contributed by atoms with Crippen molar-refractivity contribution in [3.05, 3.63) is 48.3 Å². The Morgan fingerprint density at radius 1 is 1.22 bits per heavy atom.